The van der Waals surface area contributed by atoms with Crippen LogP contribution in [0.1, 0.15) is 5.56 Å². The van der Waals surface area contributed by atoms with Crippen LogP contribution in [0.25, 0.3) is 0 Å². The molecule has 1 unspecified atom stereocenters. The Balaban J connectivity index is 1.57. The second-order valence-electron chi connectivity index (χ2n) is 5.80. The van der Waals surface area contributed by atoms with Gasteiger partial charge in [0.2, 0.25) is 5.91 Å². The van der Waals surface area contributed by atoms with Crippen molar-refractivity contribution in [3.63, 3.8) is 0 Å². The fourth-order valence-electron chi connectivity index (χ4n) is 2.65. The van der Waals surface area contributed by atoms with Crippen LogP contribution in [0.3, 0.4) is 0 Å². The number of ether oxygens (including phenoxy) is 3. The van der Waals surface area contributed by atoms with E-state index in [0.29, 0.717) is 19.6 Å². The van der Waals surface area contributed by atoms with Gasteiger partial charge in [-0.05, 0) is 29.8 Å². The predicted molar refractivity (Wildman–Crippen MR) is 90.7 cm³/mol. The fraction of sp³-hybridized carbons (Fsp3) is 0.316. The molecule has 0 spiro atoms. The zero-order chi connectivity index (χ0) is 16.9. The molecule has 5 heteroatoms. The summed E-state index contributed by atoms with van der Waals surface area (Å²) in [5, 5.41) is 0. The van der Waals surface area contributed by atoms with Crippen LogP contribution >= 0.6 is 0 Å². The zero-order valence-electron chi connectivity index (χ0n) is 13.9. The summed E-state index contributed by atoms with van der Waals surface area (Å²) in [6, 6.07) is 15.1. The molecule has 0 saturated heterocycles. The normalized spacial score (nSPS) is 15.7. The smallest absolute Gasteiger partial charge is 0.226 e. The first-order chi connectivity index (χ1) is 11.7. The van der Waals surface area contributed by atoms with Gasteiger partial charge in [0, 0.05) is 7.05 Å². The van der Waals surface area contributed by atoms with Crippen LogP contribution in [0.2, 0.25) is 0 Å². The van der Waals surface area contributed by atoms with E-state index in [1.165, 1.54) is 0 Å². The van der Waals surface area contributed by atoms with Crippen molar-refractivity contribution in [2.75, 3.05) is 27.3 Å². The van der Waals surface area contributed by atoms with Gasteiger partial charge in [0.25, 0.3) is 0 Å². The Bertz CT molecular complexity index is 716. The van der Waals surface area contributed by atoms with Gasteiger partial charge in [-0.15, -0.1) is 0 Å². The average molecular weight is 327 g/mol. The lowest BCUT2D eigenvalue weighted by Gasteiger charge is -2.29. The minimum Gasteiger partial charge on any atom is -0.497 e. The number of carbonyl (C=O) groups excluding carboxylic acids is 1. The molecule has 1 amide bonds. The monoisotopic (exact) mass is 327 g/mol. The van der Waals surface area contributed by atoms with Gasteiger partial charge in [-0.1, -0.05) is 24.3 Å². The third-order valence-electron chi connectivity index (χ3n) is 3.96. The Labute approximate surface area is 141 Å². The van der Waals surface area contributed by atoms with Gasteiger partial charge >= 0.3 is 0 Å². The topological polar surface area (TPSA) is 48.0 Å². The van der Waals surface area contributed by atoms with Crippen LogP contribution < -0.4 is 14.2 Å². The van der Waals surface area contributed by atoms with E-state index in [4.69, 9.17) is 14.2 Å². The number of carbonyl (C=O) groups is 1. The fourth-order valence-corrected chi connectivity index (χ4v) is 2.65. The Kier molecular flexibility index (Phi) is 4.89. The second-order valence-corrected chi connectivity index (χ2v) is 5.80. The molecule has 0 radical (unpaired) electrons. The van der Waals surface area contributed by atoms with Crippen LogP contribution in [0.5, 0.6) is 17.2 Å². The number of hydrogen-bond donors (Lipinski definition) is 0. The van der Waals surface area contributed by atoms with Crippen molar-refractivity contribution in [2.24, 2.45) is 0 Å². The highest BCUT2D eigenvalue weighted by atomic mass is 16.6. The number of methoxy groups -OCH3 is 1. The van der Waals surface area contributed by atoms with E-state index in [9.17, 15) is 4.79 Å². The molecule has 126 valence electrons. The largest absolute Gasteiger partial charge is 0.497 e. The van der Waals surface area contributed by atoms with Crippen molar-refractivity contribution in [1.29, 1.82) is 0 Å². The Morgan fingerprint density at radius 2 is 2.00 bits per heavy atom. The van der Waals surface area contributed by atoms with E-state index in [-0.39, 0.29) is 12.0 Å². The number of rotatable bonds is 5. The van der Waals surface area contributed by atoms with E-state index in [1.807, 2.05) is 48.5 Å². The summed E-state index contributed by atoms with van der Waals surface area (Å²) in [6.45, 7) is 0.922. The number of likely N-dealkylation sites (N-methyl/N-ethyl adjacent to an activating group) is 1. The highest BCUT2D eigenvalue weighted by molar-refractivity contribution is 5.78. The molecule has 0 aliphatic carbocycles. The molecule has 0 N–H and O–H groups in total. The summed E-state index contributed by atoms with van der Waals surface area (Å²) in [6.07, 6.45) is 0.164. The summed E-state index contributed by atoms with van der Waals surface area (Å²) in [5.41, 5.74) is 0.928. The molecule has 1 aliphatic heterocycles. The van der Waals surface area contributed by atoms with E-state index < -0.39 is 0 Å². The van der Waals surface area contributed by atoms with Crippen LogP contribution in [0, 0.1) is 0 Å². The molecule has 0 fully saturated rings. The summed E-state index contributed by atoms with van der Waals surface area (Å²) >= 11 is 0. The van der Waals surface area contributed by atoms with Gasteiger partial charge in [-0.25, -0.2) is 0 Å². The maximum Gasteiger partial charge on any atom is 0.226 e. The molecule has 0 aromatic heterocycles. The number of hydrogen-bond acceptors (Lipinski definition) is 4. The van der Waals surface area contributed by atoms with E-state index in [2.05, 4.69) is 0 Å². The predicted octanol–water partition coefficient (Wildman–Crippen LogP) is 2.54. The van der Waals surface area contributed by atoms with Crippen molar-refractivity contribution >= 4 is 5.91 Å². The Morgan fingerprint density at radius 1 is 1.21 bits per heavy atom. The lowest BCUT2D eigenvalue weighted by atomic mass is 10.1. The quantitative estimate of drug-likeness (QED) is 0.847. The molecule has 2 aromatic carbocycles. The van der Waals surface area contributed by atoms with Crippen molar-refractivity contribution in [3.8, 4) is 17.2 Å². The van der Waals surface area contributed by atoms with Crippen molar-refractivity contribution < 1.29 is 19.0 Å². The first-order valence-corrected chi connectivity index (χ1v) is 7.91. The number of nitrogens with zero attached hydrogens (tertiary/aromatic N) is 1. The number of para-hydroxylation sites is 2. The van der Waals surface area contributed by atoms with Crippen molar-refractivity contribution in [1.82, 2.24) is 4.90 Å². The molecule has 1 aliphatic rings. The summed E-state index contributed by atoms with van der Waals surface area (Å²) in [5.74, 6) is 2.26. The summed E-state index contributed by atoms with van der Waals surface area (Å²) in [7, 11) is 3.40. The third kappa shape index (κ3) is 3.79. The lowest BCUT2D eigenvalue weighted by Crippen LogP contribution is -2.42. The highest BCUT2D eigenvalue weighted by Gasteiger charge is 2.23. The van der Waals surface area contributed by atoms with E-state index in [1.54, 1.807) is 19.1 Å². The van der Waals surface area contributed by atoms with Crippen molar-refractivity contribution in [2.45, 2.75) is 12.5 Å². The lowest BCUT2D eigenvalue weighted by molar-refractivity contribution is -0.130. The summed E-state index contributed by atoms with van der Waals surface area (Å²) in [4.78, 5) is 14.1. The van der Waals surface area contributed by atoms with E-state index >= 15 is 0 Å². The molecule has 1 heterocycles. The first kappa shape index (κ1) is 16.2. The minimum absolute atomic E-state index is 0.0331. The number of fused-ring (bicyclic) bond motifs is 1. The van der Waals surface area contributed by atoms with Crippen LogP contribution in [-0.2, 0) is 11.2 Å². The molecule has 0 saturated carbocycles. The SMILES string of the molecule is COc1cccc(CC(=O)N(C)CC2COc3ccccc3O2)c1. The molecule has 3 rings (SSSR count). The zero-order valence-corrected chi connectivity index (χ0v) is 13.9. The van der Waals surface area contributed by atoms with Gasteiger partial charge in [-0.3, -0.25) is 4.79 Å². The number of benzene rings is 2. The van der Waals surface area contributed by atoms with Gasteiger partial charge in [0.05, 0.1) is 20.1 Å². The minimum atomic E-state index is -0.167. The van der Waals surface area contributed by atoms with Gasteiger partial charge < -0.3 is 19.1 Å². The molecule has 24 heavy (non-hydrogen) atoms. The standard InChI is InChI=1S/C19H21NO4/c1-20(19(21)11-14-6-5-7-15(10-14)22-2)12-16-13-23-17-8-3-4-9-18(17)24-16/h3-10,16H,11-13H2,1-2H3. The first-order valence-electron chi connectivity index (χ1n) is 7.91. The summed E-state index contributed by atoms with van der Waals surface area (Å²) < 4.78 is 16.8. The average Bonchev–Trinajstić information content (AvgIpc) is 2.61. The highest BCUT2D eigenvalue weighted by Crippen LogP contribution is 2.30. The van der Waals surface area contributed by atoms with Crippen LogP contribution in [0.4, 0.5) is 0 Å². The van der Waals surface area contributed by atoms with Crippen LogP contribution in [-0.4, -0.2) is 44.2 Å². The van der Waals surface area contributed by atoms with Gasteiger partial charge in [0.1, 0.15) is 12.4 Å². The second kappa shape index (κ2) is 7.25. The molecule has 2 aromatic rings. The molecule has 5 nitrogen and oxygen atoms in total. The van der Waals surface area contributed by atoms with Crippen molar-refractivity contribution in [3.05, 3.63) is 54.1 Å². The molecular formula is C19H21NO4. The Hall–Kier alpha value is -2.69. The maximum absolute atomic E-state index is 12.4. The Morgan fingerprint density at radius 3 is 2.79 bits per heavy atom. The van der Waals surface area contributed by atoms with Gasteiger partial charge in [0.15, 0.2) is 17.6 Å². The number of amides is 1. The third-order valence-corrected chi connectivity index (χ3v) is 3.96. The molecule has 0 bridgehead atoms. The molecular weight excluding hydrogens is 306 g/mol. The van der Waals surface area contributed by atoms with Gasteiger partial charge in [-0.2, -0.15) is 0 Å². The van der Waals surface area contributed by atoms with E-state index in [0.717, 1.165) is 22.8 Å². The van der Waals surface area contributed by atoms with Crippen LogP contribution in [0.15, 0.2) is 48.5 Å². The molecule has 1 atom stereocenters. The maximum atomic E-state index is 12.4.